The number of carbonyl (C=O) groups excluding carboxylic acids is 7. The maximum atomic E-state index is 14.1. The Morgan fingerprint density at radius 3 is 1.54 bits per heavy atom. The topological polar surface area (TPSA) is 400 Å². The van der Waals surface area contributed by atoms with Crippen LogP contribution in [0.4, 0.5) is 18.0 Å². The molecule has 0 radical (unpaired) electrons. The summed E-state index contributed by atoms with van der Waals surface area (Å²) in [6.45, 7) is 0.513. The highest BCUT2D eigenvalue weighted by Gasteiger charge is 2.42. The molecule has 3 aromatic rings. The van der Waals surface area contributed by atoms with Gasteiger partial charge in [-0.25, -0.2) is 19.2 Å². The van der Waals surface area contributed by atoms with Crippen LogP contribution in [0, 0.1) is 15.4 Å². The molecular weight excluding hydrogens is 1330 g/mol. The molecule has 1 aliphatic carbocycles. The van der Waals surface area contributed by atoms with Gasteiger partial charge in [0, 0.05) is 94.2 Å². The van der Waals surface area contributed by atoms with Crippen molar-refractivity contribution in [2.45, 2.75) is 101 Å². The number of nitrogens with zero attached hydrogens (tertiary/aromatic N) is 4. The number of halogens is 4. The first-order valence-electron chi connectivity index (χ1n) is 29.9. The molecule has 1 saturated carbocycles. The summed E-state index contributed by atoms with van der Waals surface area (Å²) in [5.74, 6) is -13.5. The molecule has 2 fully saturated rings. The molecule has 0 unspecified atom stereocenters. The Bertz CT molecular complexity index is 3030. The molecule has 6 amide bonds. The standard InChI is InChI=1S/C60H78F3IN10O18/c61-60(62,63)58(90)92-52(82)19-18-45(57(88)89)70-59(91)69-44(56(86)87)7-3-4-20-65-54(84)47(31-39-10-13-40-5-1-2-6-42(40)29-39)68-53(83)41-14-8-38(9-15-41)32-66-55(85)46(30-37-11-16-43(64)17-12-37)67-48(75)33-71-21-23-72(34-49(76)77)25-27-74(36-51(80)81)28-26-73(24-22-71)35-50(78)79/h1-2,5-6,10-13,16-17,29,38,41,44-47H,3-4,7-9,14-15,18-28,30-36H2,(H,65,84)(H,66,85)(H,67,75)(H,68,83)(H,76,77)(H,78,79)(H,80,81)(H,86,87)(H,88,89)(H2,69,70,91)/t38?,41?,44-,45-,46-,47-/m0/s1. The summed E-state index contributed by atoms with van der Waals surface area (Å²) in [4.78, 5) is 157. The van der Waals surface area contributed by atoms with Gasteiger partial charge in [-0.05, 0) is 114 Å². The molecule has 92 heavy (non-hydrogen) atoms. The first-order valence-corrected chi connectivity index (χ1v) is 30.9. The first-order chi connectivity index (χ1) is 43.6. The zero-order valence-electron chi connectivity index (χ0n) is 50.3. The number of alkyl halides is 3. The van der Waals surface area contributed by atoms with Crippen LogP contribution in [-0.2, 0) is 70.3 Å². The number of carbonyl (C=O) groups is 12. The quantitative estimate of drug-likeness (QED) is 0.0188. The largest absolute Gasteiger partial charge is 0.491 e. The lowest BCUT2D eigenvalue weighted by atomic mass is 9.81. The van der Waals surface area contributed by atoms with Crippen molar-refractivity contribution in [1.29, 1.82) is 0 Å². The van der Waals surface area contributed by atoms with E-state index in [1.165, 1.54) is 0 Å². The lowest BCUT2D eigenvalue weighted by Crippen LogP contribution is -2.53. The van der Waals surface area contributed by atoms with E-state index in [1.807, 2.05) is 72.0 Å². The number of nitrogens with one attached hydrogen (secondary N) is 6. The highest BCUT2D eigenvalue weighted by Crippen LogP contribution is 2.29. The number of hydrogen-bond acceptors (Lipinski definition) is 17. The maximum Gasteiger partial charge on any atom is 0.491 e. The average molecular weight is 1410 g/mol. The Hall–Kier alpha value is -8.08. The highest BCUT2D eigenvalue weighted by molar-refractivity contribution is 14.1. The summed E-state index contributed by atoms with van der Waals surface area (Å²) in [5.41, 5.74) is 1.51. The number of carboxylic acids is 5. The SMILES string of the molecule is O=C(O)CN1CCN(CC(=O)O)CCN(CC(=O)N[C@@H](Cc2ccc(I)cc2)C(=O)NCC2CCC(C(=O)N[C@@H](Cc3ccc4ccccc4c3)C(=O)NCCCC[C@H](NC(=O)N[C@@H](CCC(=O)OC(=O)C(F)(F)F)C(=O)O)C(=O)O)CC2)CCN(CC(=O)O)CC1. The van der Waals surface area contributed by atoms with E-state index in [1.54, 1.807) is 19.6 Å². The Kier molecular flexibility index (Phi) is 30.4. The molecule has 2 aliphatic rings. The second-order valence-electron chi connectivity index (χ2n) is 22.6. The van der Waals surface area contributed by atoms with Crippen LogP contribution < -0.4 is 31.9 Å². The molecule has 28 nitrogen and oxygen atoms in total. The van der Waals surface area contributed by atoms with Crippen LogP contribution in [-0.4, -0.2) is 239 Å². The fraction of sp³-hybridized carbons (Fsp3) is 0.533. The van der Waals surface area contributed by atoms with Crippen molar-refractivity contribution in [2.75, 3.05) is 91.6 Å². The Labute approximate surface area is 540 Å². The minimum absolute atomic E-state index is 0.00312. The summed E-state index contributed by atoms with van der Waals surface area (Å²) in [6, 6.07) is 13.8. The van der Waals surface area contributed by atoms with Crippen molar-refractivity contribution >= 4 is 105 Å². The van der Waals surface area contributed by atoms with Gasteiger partial charge in [0.15, 0.2) is 0 Å². The van der Waals surface area contributed by atoms with Crippen molar-refractivity contribution in [2.24, 2.45) is 11.8 Å². The van der Waals surface area contributed by atoms with Crippen LogP contribution in [0.1, 0.15) is 68.9 Å². The number of esters is 2. The monoisotopic (exact) mass is 1410 g/mol. The first kappa shape index (κ1) is 74.6. The molecule has 1 saturated heterocycles. The van der Waals surface area contributed by atoms with Crippen LogP contribution in [0.25, 0.3) is 10.8 Å². The molecule has 4 atom stereocenters. The highest BCUT2D eigenvalue weighted by atomic mass is 127. The van der Waals surface area contributed by atoms with E-state index in [0.29, 0.717) is 25.7 Å². The Morgan fingerprint density at radius 2 is 1.02 bits per heavy atom. The van der Waals surface area contributed by atoms with Crippen LogP contribution in [0.5, 0.6) is 0 Å². The molecule has 0 aromatic heterocycles. The minimum Gasteiger partial charge on any atom is -0.480 e. The van der Waals surface area contributed by atoms with E-state index in [-0.39, 0.29) is 136 Å². The molecule has 32 heteroatoms. The van der Waals surface area contributed by atoms with Gasteiger partial charge >= 0.3 is 54.0 Å². The molecule has 11 N–H and O–H groups in total. The van der Waals surface area contributed by atoms with Gasteiger partial charge in [0.1, 0.15) is 24.2 Å². The third-order valence-electron chi connectivity index (χ3n) is 15.5. The van der Waals surface area contributed by atoms with Gasteiger partial charge in [-0.1, -0.05) is 54.6 Å². The van der Waals surface area contributed by atoms with Gasteiger partial charge in [0.05, 0.1) is 26.2 Å². The van der Waals surface area contributed by atoms with E-state index in [0.717, 1.165) is 25.5 Å². The van der Waals surface area contributed by atoms with Gasteiger partial charge in [-0.3, -0.25) is 58.0 Å². The molecule has 3 aromatic carbocycles. The zero-order chi connectivity index (χ0) is 67.5. The van der Waals surface area contributed by atoms with Gasteiger partial charge in [0.2, 0.25) is 23.6 Å². The third-order valence-corrected chi connectivity index (χ3v) is 16.3. The fourth-order valence-corrected chi connectivity index (χ4v) is 10.9. The number of hydrogen-bond donors (Lipinski definition) is 11. The molecular formula is C60H78F3IN10O18. The van der Waals surface area contributed by atoms with E-state index in [9.17, 15) is 96.2 Å². The minimum atomic E-state index is -5.49. The van der Waals surface area contributed by atoms with Crippen molar-refractivity contribution in [3.05, 3.63) is 81.4 Å². The lowest BCUT2D eigenvalue weighted by molar-refractivity contribution is -0.201. The summed E-state index contributed by atoms with van der Waals surface area (Å²) < 4.78 is 41.9. The van der Waals surface area contributed by atoms with Crippen LogP contribution in [0.2, 0.25) is 0 Å². The zero-order valence-corrected chi connectivity index (χ0v) is 52.5. The molecule has 504 valence electrons. The second kappa shape index (κ2) is 37.4. The van der Waals surface area contributed by atoms with Crippen LogP contribution in [0.3, 0.4) is 0 Å². The third kappa shape index (κ3) is 27.4. The van der Waals surface area contributed by atoms with Crippen LogP contribution >= 0.6 is 22.6 Å². The second-order valence-corrected chi connectivity index (χ2v) is 23.9. The predicted molar refractivity (Wildman–Crippen MR) is 329 cm³/mol. The molecule has 1 heterocycles. The summed E-state index contributed by atoms with van der Waals surface area (Å²) in [6.07, 6.45) is -5.15. The summed E-state index contributed by atoms with van der Waals surface area (Å²) in [7, 11) is 0. The Balaban J connectivity index is 1.16. The van der Waals surface area contributed by atoms with E-state index in [2.05, 4.69) is 53.9 Å². The summed E-state index contributed by atoms with van der Waals surface area (Å²) in [5, 5.41) is 65.6. The number of benzene rings is 3. The number of fused-ring (bicyclic) bond motifs is 1. The van der Waals surface area contributed by atoms with Gasteiger partial charge < -0.3 is 62.2 Å². The number of aliphatic carboxylic acids is 5. The number of rotatable bonds is 31. The number of urea groups is 1. The van der Waals surface area contributed by atoms with Crippen molar-refractivity contribution in [3.8, 4) is 0 Å². The summed E-state index contributed by atoms with van der Waals surface area (Å²) >= 11 is 2.15. The van der Waals surface area contributed by atoms with E-state index >= 15 is 0 Å². The number of unbranched alkanes of at least 4 members (excludes halogenated alkanes) is 1. The molecule has 0 spiro atoms. The van der Waals surface area contributed by atoms with Crippen molar-refractivity contribution in [3.63, 3.8) is 0 Å². The smallest absolute Gasteiger partial charge is 0.480 e. The normalized spacial score (nSPS) is 17.8. The van der Waals surface area contributed by atoms with Gasteiger partial charge in [-0.15, -0.1) is 0 Å². The van der Waals surface area contributed by atoms with Gasteiger partial charge in [-0.2, -0.15) is 13.2 Å². The van der Waals surface area contributed by atoms with Crippen molar-refractivity contribution in [1.82, 2.24) is 51.5 Å². The lowest BCUT2D eigenvalue weighted by Gasteiger charge is -2.33. The molecule has 0 bridgehead atoms. The maximum absolute atomic E-state index is 14.1. The Morgan fingerprint density at radius 1 is 0.543 bits per heavy atom. The van der Waals surface area contributed by atoms with E-state index in [4.69, 9.17) is 0 Å². The van der Waals surface area contributed by atoms with Gasteiger partial charge in [0.25, 0.3) is 0 Å². The van der Waals surface area contributed by atoms with Crippen molar-refractivity contribution < 1.29 is 101 Å². The fourth-order valence-electron chi connectivity index (χ4n) is 10.5. The van der Waals surface area contributed by atoms with E-state index < -0.39 is 115 Å². The predicted octanol–water partition coefficient (Wildman–Crippen LogP) is 1.50. The number of ether oxygens (including phenoxy) is 1. The average Bonchev–Trinajstić information content (AvgIpc) is 1.00. The molecule has 5 rings (SSSR count). The molecule has 1 aliphatic heterocycles. The number of amides is 6. The number of carboxylic acid groups (broad SMARTS) is 5. The van der Waals surface area contributed by atoms with Crippen LogP contribution in [0.15, 0.2) is 66.7 Å².